The van der Waals surface area contributed by atoms with E-state index < -0.39 is 0 Å². The summed E-state index contributed by atoms with van der Waals surface area (Å²) < 4.78 is 7.38. The van der Waals surface area contributed by atoms with E-state index in [9.17, 15) is 4.79 Å². The highest BCUT2D eigenvalue weighted by molar-refractivity contribution is 7.11. The number of aldehydes is 1. The minimum atomic E-state index is 0.311. The summed E-state index contributed by atoms with van der Waals surface area (Å²) in [5, 5.41) is 5.97. The second-order valence-electron chi connectivity index (χ2n) is 3.65. The van der Waals surface area contributed by atoms with Crippen LogP contribution in [0.5, 0.6) is 11.5 Å². The lowest BCUT2D eigenvalue weighted by molar-refractivity contribution is 0.112. The molecule has 0 aromatic carbocycles. The molecule has 5 heteroatoms. The van der Waals surface area contributed by atoms with Crippen molar-refractivity contribution in [2.75, 3.05) is 0 Å². The Morgan fingerprint density at radius 1 is 1.50 bits per heavy atom. The molecule has 0 aliphatic rings. The predicted molar refractivity (Wildman–Crippen MR) is 62.4 cm³/mol. The molecule has 0 N–H and O–H groups in total. The largest absolute Gasteiger partial charge is 0.453 e. The number of carbonyl (C=O) groups is 1. The van der Waals surface area contributed by atoms with Crippen LogP contribution < -0.4 is 4.74 Å². The zero-order valence-electron chi connectivity index (χ0n) is 9.08. The van der Waals surface area contributed by atoms with Crippen LogP contribution >= 0.6 is 11.3 Å². The van der Waals surface area contributed by atoms with E-state index in [1.807, 2.05) is 24.7 Å². The number of rotatable bonds is 4. The Labute approximate surface area is 97.5 Å². The van der Waals surface area contributed by atoms with Gasteiger partial charge < -0.3 is 4.74 Å². The molecule has 0 saturated carbocycles. The summed E-state index contributed by atoms with van der Waals surface area (Å²) in [7, 11) is 0. The number of hydrogen-bond acceptors (Lipinski definition) is 4. The van der Waals surface area contributed by atoms with Crippen LogP contribution in [-0.2, 0) is 0 Å². The Bertz CT molecular complexity index is 488. The monoisotopic (exact) mass is 236 g/mol. The Hall–Kier alpha value is -1.62. The highest BCUT2D eigenvalue weighted by Crippen LogP contribution is 2.26. The minimum absolute atomic E-state index is 0.311. The molecule has 0 radical (unpaired) electrons. The van der Waals surface area contributed by atoms with Crippen molar-refractivity contribution in [2.24, 2.45) is 0 Å². The predicted octanol–water partition coefficient (Wildman–Crippen LogP) is 3.13. The normalized spacial score (nSPS) is 10.7. The van der Waals surface area contributed by atoms with Gasteiger partial charge in [0.05, 0.1) is 17.3 Å². The van der Waals surface area contributed by atoms with Crippen molar-refractivity contribution in [3.8, 4) is 11.5 Å². The molecule has 84 valence electrons. The molecule has 2 aromatic rings. The van der Waals surface area contributed by atoms with Crippen LogP contribution in [-0.4, -0.2) is 16.1 Å². The molecular formula is C11H12N2O2S. The molecule has 0 atom stereocenters. The third-order valence-electron chi connectivity index (χ3n) is 2.05. The van der Waals surface area contributed by atoms with E-state index in [0.717, 1.165) is 6.29 Å². The van der Waals surface area contributed by atoms with E-state index in [-0.39, 0.29) is 0 Å². The van der Waals surface area contributed by atoms with Gasteiger partial charge in [-0.2, -0.15) is 5.10 Å². The molecule has 0 unspecified atom stereocenters. The molecule has 0 spiro atoms. The summed E-state index contributed by atoms with van der Waals surface area (Å²) in [6.07, 6.45) is 4.32. The van der Waals surface area contributed by atoms with Crippen LogP contribution in [0, 0.1) is 0 Å². The van der Waals surface area contributed by atoms with Crippen LogP contribution in [0.25, 0.3) is 0 Å². The maximum atomic E-state index is 10.5. The van der Waals surface area contributed by atoms with Crippen molar-refractivity contribution in [1.29, 1.82) is 0 Å². The van der Waals surface area contributed by atoms with Crippen molar-refractivity contribution in [1.82, 2.24) is 9.78 Å². The highest BCUT2D eigenvalue weighted by Gasteiger charge is 2.05. The number of hydrogen-bond donors (Lipinski definition) is 0. The molecule has 4 nitrogen and oxygen atoms in total. The molecular weight excluding hydrogens is 224 g/mol. The summed E-state index contributed by atoms with van der Waals surface area (Å²) in [5.41, 5.74) is 0. The summed E-state index contributed by atoms with van der Waals surface area (Å²) in [6.45, 7) is 4.09. The first-order valence-corrected chi connectivity index (χ1v) is 5.82. The SMILES string of the molecule is CC(C)n1cc(Oc2csc(C=O)c2)cn1. The number of nitrogens with zero attached hydrogens (tertiary/aromatic N) is 2. The third kappa shape index (κ3) is 2.30. The van der Waals surface area contributed by atoms with Crippen molar-refractivity contribution in [3.05, 3.63) is 28.7 Å². The van der Waals surface area contributed by atoms with Gasteiger partial charge in [-0.15, -0.1) is 11.3 Å². The lowest BCUT2D eigenvalue weighted by atomic mass is 10.4. The summed E-state index contributed by atoms with van der Waals surface area (Å²) >= 11 is 1.36. The molecule has 0 saturated heterocycles. The third-order valence-corrected chi connectivity index (χ3v) is 2.89. The van der Waals surface area contributed by atoms with Crippen molar-refractivity contribution in [2.45, 2.75) is 19.9 Å². The van der Waals surface area contributed by atoms with Gasteiger partial charge in [0, 0.05) is 17.5 Å². The summed E-state index contributed by atoms with van der Waals surface area (Å²) in [5.74, 6) is 1.36. The molecule has 2 heterocycles. The zero-order valence-corrected chi connectivity index (χ0v) is 9.90. The van der Waals surface area contributed by atoms with Gasteiger partial charge >= 0.3 is 0 Å². The molecule has 16 heavy (non-hydrogen) atoms. The van der Waals surface area contributed by atoms with Crippen molar-refractivity contribution < 1.29 is 9.53 Å². The fraction of sp³-hybridized carbons (Fsp3) is 0.273. The summed E-state index contributed by atoms with van der Waals surface area (Å²) in [4.78, 5) is 11.2. The van der Waals surface area contributed by atoms with E-state index in [1.54, 1.807) is 17.6 Å². The van der Waals surface area contributed by atoms with Crippen LogP contribution in [0.15, 0.2) is 23.8 Å². The molecule has 2 aromatic heterocycles. The maximum absolute atomic E-state index is 10.5. The zero-order chi connectivity index (χ0) is 11.5. The Balaban J connectivity index is 2.11. The average Bonchev–Trinajstić information content (AvgIpc) is 2.87. The number of aromatic nitrogens is 2. The van der Waals surface area contributed by atoms with Gasteiger partial charge in [0.15, 0.2) is 12.0 Å². The standard InChI is InChI=1S/C11H12N2O2S/c1-8(2)13-5-10(4-12-13)15-9-3-11(6-14)16-7-9/h3-8H,1-2H3. The first-order chi connectivity index (χ1) is 7.69. The van der Waals surface area contributed by atoms with Gasteiger partial charge in [-0.1, -0.05) is 0 Å². The average molecular weight is 236 g/mol. The smallest absolute Gasteiger partial charge is 0.165 e. The van der Waals surface area contributed by atoms with Gasteiger partial charge in [-0.25, -0.2) is 0 Å². The molecule has 2 rings (SSSR count). The number of carbonyl (C=O) groups excluding carboxylic acids is 1. The van der Waals surface area contributed by atoms with Crippen LogP contribution in [0.3, 0.4) is 0 Å². The number of ether oxygens (including phenoxy) is 1. The lowest BCUT2D eigenvalue weighted by Crippen LogP contribution is -1.99. The highest BCUT2D eigenvalue weighted by atomic mass is 32.1. The van der Waals surface area contributed by atoms with E-state index in [1.165, 1.54) is 11.3 Å². The van der Waals surface area contributed by atoms with Crippen molar-refractivity contribution >= 4 is 17.6 Å². The topological polar surface area (TPSA) is 44.1 Å². The summed E-state index contributed by atoms with van der Waals surface area (Å²) in [6, 6.07) is 2.02. The van der Waals surface area contributed by atoms with Crippen LogP contribution in [0.4, 0.5) is 0 Å². The number of thiophene rings is 1. The quantitative estimate of drug-likeness (QED) is 0.766. The van der Waals surface area contributed by atoms with E-state index in [0.29, 0.717) is 22.4 Å². The first kappa shape index (κ1) is 10.9. The lowest BCUT2D eigenvalue weighted by Gasteiger charge is -2.03. The fourth-order valence-corrected chi connectivity index (χ4v) is 1.85. The molecule has 0 aliphatic heterocycles. The fourth-order valence-electron chi connectivity index (χ4n) is 1.24. The first-order valence-electron chi connectivity index (χ1n) is 4.95. The van der Waals surface area contributed by atoms with Gasteiger partial charge in [0.25, 0.3) is 0 Å². The van der Waals surface area contributed by atoms with Gasteiger partial charge in [0.2, 0.25) is 0 Å². The van der Waals surface area contributed by atoms with Crippen molar-refractivity contribution in [3.63, 3.8) is 0 Å². The second kappa shape index (κ2) is 4.49. The van der Waals surface area contributed by atoms with Crippen LogP contribution in [0.2, 0.25) is 0 Å². The van der Waals surface area contributed by atoms with Gasteiger partial charge in [-0.3, -0.25) is 9.48 Å². The van der Waals surface area contributed by atoms with Gasteiger partial charge in [0.1, 0.15) is 5.75 Å². The Morgan fingerprint density at radius 3 is 2.88 bits per heavy atom. The molecule has 0 aliphatic carbocycles. The molecule has 0 fully saturated rings. The van der Waals surface area contributed by atoms with Gasteiger partial charge in [-0.05, 0) is 13.8 Å². The Kier molecular flexibility index (Phi) is 3.05. The maximum Gasteiger partial charge on any atom is 0.165 e. The Morgan fingerprint density at radius 2 is 2.31 bits per heavy atom. The molecule has 0 amide bonds. The minimum Gasteiger partial charge on any atom is -0.453 e. The molecule has 0 bridgehead atoms. The second-order valence-corrected chi connectivity index (χ2v) is 4.60. The van der Waals surface area contributed by atoms with E-state index in [4.69, 9.17) is 4.74 Å². The van der Waals surface area contributed by atoms with E-state index >= 15 is 0 Å². The van der Waals surface area contributed by atoms with Crippen LogP contribution in [0.1, 0.15) is 29.6 Å². The van der Waals surface area contributed by atoms with E-state index in [2.05, 4.69) is 5.10 Å².